The van der Waals surface area contributed by atoms with E-state index in [4.69, 9.17) is 0 Å². The van der Waals surface area contributed by atoms with E-state index in [1.807, 2.05) is 32.0 Å². The first-order chi connectivity index (χ1) is 9.46. The highest BCUT2D eigenvalue weighted by atomic mass is 32.2. The van der Waals surface area contributed by atoms with E-state index < -0.39 is 10.0 Å². The van der Waals surface area contributed by atoms with Gasteiger partial charge in [0.25, 0.3) is 0 Å². The number of piperidine rings is 1. The molecule has 1 aliphatic rings. The second-order valence-electron chi connectivity index (χ2n) is 5.66. The van der Waals surface area contributed by atoms with Crippen LogP contribution in [0.15, 0.2) is 18.2 Å². The third-order valence-electron chi connectivity index (χ3n) is 3.93. The van der Waals surface area contributed by atoms with Gasteiger partial charge in [0, 0.05) is 11.7 Å². The van der Waals surface area contributed by atoms with Crippen LogP contribution in [0.3, 0.4) is 0 Å². The summed E-state index contributed by atoms with van der Waals surface area (Å²) < 4.78 is 26.9. The lowest BCUT2D eigenvalue weighted by atomic mass is 10.0. The Labute approximate surface area is 122 Å². The van der Waals surface area contributed by atoms with Gasteiger partial charge in [-0.1, -0.05) is 12.5 Å². The predicted molar refractivity (Wildman–Crippen MR) is 83.6 cm³/mol. The van der Waals surface area contributed by atoms with Gasteiger partial charge in [-0.25, -0.2) is 8.42 Å². The van der Waals surface area contributed by atoms with Crippen LogP contribution in [0.25, 0.3) is 0 Å². The van der Waals surface area contributed by atoms with Crippen molar-refractivity contribution >= 4 is 15.7 Å². The Morgan fingerprint density at radius 3 is 2.70 bits per heavy atom. The van der Waals surface area contributed by atoms with E-state index in [0.29, 0.717) is 18.2 Å². The van der Waals surface area contributed by atoms with Crippen LogP contribution in [0, 0.1) is 13.8 Å². The molecule has 0 aliphatic carbocycles. The highest BCUT2D eigenvalue weighted by Crippen LogP contribution is 2.17. The first-order valence-corrected chi connectivity index (χ1v) is 8.93. The molecule has 112 valence electrons. The summed E-state index contributed by atoms with van der Waals surface area (Å²) in [5.41, 5.74) is 2.92. The zero-order valence-electron chi connectivity index (χ0n) is 12.3. The molecule has 1 aromatic rings. The number of anilines is 1. The van der Waals surface area contributed by atoms with E-state index in [0.717, 1.165) is 18.5 Å². The van der Waals surface area contributed by atoms with Crippen LogP contribution in [0.2, 0.25) is 0 Å². The van der Waals surface area contributed by atoms with Gasteiger partial charge in [0.05, 0.1) is 5.75 Å². The summed E-state index contributed by atoms with van der Waals surface area (Å²) in [6.45, 7) is 5.01. The van der Waals surface area contributed by atoms with Crippen LogP contribution in [-0.4, -0.2) is 26.8 Å². The summed E-state index contributed by atoms with van der Waals surface area (Å²) in [5.74, 6) is 0.178. The largest absolute Gasteiger partial charge is 0.314 e. The molecule has 0 amide bonds. The van der Waals surface area contributed by atoms with Crippen LogP contribution in [0.1, 0.15) is 36.8 Å². The average molecular weight is 296 g/mol. The van der Waals surface area contributed by atoms with Gasteiger partial charge in [-0.15, -0.1) is 0 Å². The lowest BCUT2D eigenvalue weighted by Crippen LogP contribution is -2.36. The molecule has 0 spiro atoms. The first-order valence-electron chi connectivity index (χ1n) is 7.27. The molecular formula is C15H24N2O2S. The standard InChI is InChI=1S/C15H24N2O2S/c1-12-6-7-15(11-13(12)2)17-20(18,19)10-8-14-5-3-4-9-16-14/h6-7,11,14,16-17H,3-5,8-10H2,1-2H3. The third-order valence-corrected chi connectivity index (χ3v) is 5.25. The number of rotatable bonds is 5. The summed E-state index contributed by atoms with van der Waals surface area (Å²) in [5, 5.41) is 3.38. The molecule has 2 N–H and O–H groups in total. The van der Waals surface area contributed by atoms with Gasteiger partial charge >= 0.3 is 0 Å². The van der Waals surface area contributed by atoms with Crippen molar-refractivity contribution in [1.82, 2.24) is 5.32 Å². The second-order valence-corrected chi connectivity index (χ2v) is 7.50. The Hall–Kier alpha value is -1.07. The number of hydrogen-bond acceptors (Lipinski definition) is 3. The van der Waals surface area contributed by atoms with Crippen molar-refractivity contribution in [2.45, 2.75) is 45.6 Å². The van der Waals surface area contributed by atoms with E-state index in [1.54, 1.807) is 0 Å². The Bertz CT molecular complexity index is 549. The molecule has 1 saturated heterocycles. The third kappa shape index (κ3) is 4.49. The fourth-order valence-electron chi connectivity index (χ4n) is 2.50. The minimum atomic E-state index is -3.25. The topological polar surface area (TPSA) is 58.2 Å². The molecule has 5 heteroatoms. The van der Waals surface area contributed by atoms with Gasteiger partial charge in [-0.2, -0.15) is 0 Å². The molecule has 0 radical (unpaired) electrons. The Kier molecular flexibility index (Phi) is 5.05. The normalized spacial score (nSPS) is 19.8. The molecule has 20 heavy (non-hydrogen) atoms. The lowest BCUT2D eigenvalue weighted by Gasteiger charge is -2.23. The second kappa shape index (κ2) is 6.59. The van der Waals surface area contributed by atoms with Crippen LogP contribution in [0.4, 0.5) is 5.69 Å². The first kappa shape index (κ1) is 15.3. The van der Waals surface area contributed by atoms with Gasteiger partial charge in [0.2, 0.25) is 10.0 Å². The van der Waals surface area contributed by atoms with Crippen LogP contribution < -0.4 is 10.0 Å². The summed E-state index contributed by atoms with van der Waals surface area (Å²) in [4.78, 5) is 0. The van der Waals surface area contributed by atoms with E-state index >= 15 is 0 Å². The number of benzene rings is 1. The molecule has 2 rings (SSSR count). The van der Waals surface area contributed by atoms with Gasteiger partial charge in [-0.05, 0) is 62.9 Å². The summed E-state index contributed by atoms with van der Waals surface area (Å²) in [7, 11) is -3.25. The van der Waals surface area contributed by atoms with E-state index in [-0.39, 0.29) is 5.75 Å². The minimum absolute atomic E-state index is 0.178. The summed E-state index contributed by atoms with van der Waals surface area (Å²) >= 11 is 0. The maximum atomic E-state index is 12.1. The van der Waals surface area contributed by atoms with E-state index in [9.17, 15) is 8.42 Å². The van der Waals surface area contributed by atoms with Crippen molar-refractivity contribution in [3.05, 3.63) is 29.3 Å². The molecule has 0 aromatic heterocycles. The maximum Gasteiger partial charge on any atom is 0.232 e. The smallest absolute Gasteiger partial charge is 0.232 e. The predicted octanol–water partition coefficient (Wildman–Crippen LogP) is 2.58. The van der Waals surface area contributed by atoms with Crippen molar-refractivity contribution in [1.29, 1.82) is 0 Å². The monoisotopic (exact) mass is 296 g/mol. The molecule has 0 bridgehead atoms. The fraction of sp³-hybridized carbons (Fsp3) is 0.600. The molecule has 1 aromatic carbocycles. The van der Waals surface area contributed by atoms with Crippen molar-refractivity contribution in [2.75, 3.05) is 17.0 Å². The van der Waals surface area contributed by atoms with Crippen LogP contribution in [0.5, 0.6) is 0 Å². The van der Waals surface area contributed by atoms with Crippen LogP contribution >= 0.6 is 0 Å². The SMILES string of the molecule is Cc1ccc(NS(=O)(=O)CCC2CCCCN2)cc1C. The molecule has 0 saturated carbocycles. The highest BCUT2D eigenvalue weighted by Gasteiger charge is 2.17. The molecular weight excluding hydrogens is 272 g/mol. The summed E-state index contributed by atoms with van der Waals surface area (Å²) in [6.07, 6.45) is 4.16. The quantitative estimate of drug-likeness (QED) is 0.878. The van der Waals surface area contributed by atoms with E-state index in [1.165, 1.54) is 18.4 Å². The van der Waals surface area contributed by atoms with Crippen LogP contribution in [-0.2, 0) is 10.0 Å². The number of hydrogen-bond donors (Lipinski definition) is 2. The van der Waals surface area contributed by atoms with Crippen molar-refractivity contribution in [2.24, 2.45) is 0 Å². The molecule has 1 aliphatic heterocycles. The minimum Gasteiger partial charge on any atom is -0.314 e. The molecule has 1 atom stereocenters. The van der Waals surface area contributed by atoms with Gasteiger partial charge in [-0.3, -0.25) is 4.72 Å². The molecule has 1 unspecified atom stereocenters. The van der Waals surface area contributed by atoms with Crippen molar-refractivity contribution < 1.29 is 8.42 Å². The van der Waals surface area contributed by atoms with Gasteiger partial charge < -0.3 is 5.32 Å². The van der Waals surface area contributed by atoms with Crippen molar-refractivity contribution in [3.8, 4) is 0 Å². The highest BCUT2D eigenvalue weighted by molar-refractivity contribution is 7.92. The fourth-order valence-corrected chi connectivity index (χ4v) is 3.69. The molecule has 1 fully saturated rings. The Morgan fingerprint density at radius 1 is 1.25 bits per heavy atom. The number of sulfonamides is 1. The number of nitrogens with one attached hydrogen (secondary N) is 2. The molecule has 1 heterocycles. The Morgan fingerprint density at radius 2 is 2.05 bits per heavy atom. The van der Waals surface area contributed by atoms with Gasteiger partial charge in [0.15, 0.2) is 0 Å². The number of aryl methyl sites for hydroxylation is 2. The lowest BCUT2D eigenvalue weighted by molar-refractivity contribution is 0.393. The van der Waals surface area contributed by atoms with E-state index in [2.05, 4.69) is 10.0 Å². The maximum absolute atomic E-state index is 12.1. The Balaban J connectivity index is 1.91. The van der Waals surface area contributed by atoms with Gasteiger partial charge in [0.1, 0.15) is 0 Å². The zero-order valence-corrected chi connectivity index (χ0v) is 13.1. The average Bonchev–Trinajstić information content (AvgIpc) is 2.42. The van der Waals surface area contributed by atoms with Crippen molar-refractivity contribution in [3.63, 3.8) is 0 Å². The zero-order chi connectivity index (χ0) is 14.6. The molecule has 4 nitrogen and oxygen atoms in total. The summed E-state index contributed by atoms with van der Waals surface area (Å²) in [6, 6.07) is 5.99.